The smallest absolute Gasteiger partial charge is 0.181 e. The monoisotopic (exact) mass is 454 g/mol. The maximum atomic E-state index is 6.09. The summed E-state index contributed by atoms with van der Waals surface area (Å²) in [6.07, 6.45) is 0.236. The van der Waals surface area contributed by atoms with Crippen LogP contribution < -0.4 is 4.74 Å². The summed E-state index contributed by atoms with van der Waals surface area (Å²) in [5, 5.41) is 5.01. The molecule has 0 bridgehead atoms. The lowest BCUT2D eigenvalue weighted by atomic mass is 9.92. The topological polar surface area (TPSA) is 43.5 Å². The van der Waals surface area contributed by atoms with Crippen molar-refractivity contribution in [3.05, 3.63) is 76.3 Å². The van der Waals surface area contributed by atoms with Crippen molar-refractivity contribution in [1.82, 2.24) is 0 Å². The second kappa shape index (κ2) is 8.38. The third-order valence-corrected chi connectivity index (χ3v) is 7.15. The molecular formula is C30H30O4. The van der Waals surface area contributed by atoms with Crippen molar-refractivity contribution in [2.75, 3.05) is 19.8 Å². The molecule has 6 rings (SSSR count). The molecular weight excluding hydrogens is 424 g/mol. The average molecular weight is 455 g/mol. The highest BCUT2D eigenvalue weighted by atomic mass is 16.8. The van der Waals surface area contributed by atoms with Gasteiger partial charge in [0.25, 0.3) is 0 Å². The van der Waals surface area contributed by atoms with E-state index in [1.807, 2.05) is 0 Å². The quantitative estimate of drug-likeness (QED) is 0.297. The van der Waals surface area contributed by atoms with E-state index in [2.05, 4.69) is 76.2 Å². The van der Waals surface area contributed by atoms with Gasteiger partial charge >= 0.3 is 0 Å². The van der Waals surface area contributed by atoms with Gasteiger partial charge < -0.3 is 18.9 Å². The molecule has 0 aliphatic carbocycles. The number of ether oxygens (including phenoxy) is 4. The highest BCUT2D eigenvalue weighted by molar-refractivity contribution is 5.95. The van der Waals surface area contributed by atoms with Crippen molar-refractivity contribution in [3.63, 3.8) is 0 Å². The van der Waals surface area contributed by atoms with Crippen LogP contribution in [0.4, 0.5) is 0 Å². The van der Waals surface area contributed by atoms with E-state index >= 15 is 0 Å². The van der Waals surface area contributed by atoms with E-state index in [4.69, 9.17) is 18.9 Å². The third-order valence-electron chi connectivity index (χ3n) is 7.15. The summed E-state index contributed by atoms with van der Waals surface area (Å²) >= 11 is 0. The minimum atomic E-state index is -0.0214. The molecule has 2 unspecified atom stereocenters. The van der Waals surface area contributed by atoms with E-state index in [0.717, 1.165) is 12.4 Å². The molecule has 0 N–H and O–H groups in total. The summed E-state index contributed by atoms with van der Waals surface area (Å²) in [5.41, 5.74) is 8.62. The fourth-order valence-electron chi connectivity index (χ4n) is 5.00. The number of hydrogen-bond acceptors (Lipinski definition) is 4. The van der Waals surface area contributed by atoms with E-state index in [-0.39, 0.29) is 12.4 Å². The van der Waals surface area contributed by atoms with Crippen molar-refractivity contribution in [3.8, 4) is 16.9 Å². The highest BCUT2D eigenvalue weighted by Crippen LogP contribution is 2.36. The molecule has 2 fully saturated rings. The van der Waals surface area contributed by atoms with Gasteiger partial charge in [0.15, 0.2) is 6.29 Å². The van der Waals surface area contributed by atoms with E-state index in [1.54, 1.807) is 0 Å². The van der Waals surface area contributed by atoms with Crippen molar-refractivity contribution >= 4 is 21.5 Å². The van der Waals surface area contributed by atoms with Crippen LogP contribution in [0.25, 0.3) is 32.7 Å². The normalized spacial score (nSPS) is 19.1. The largest absolute Gasteiger partial charge is 0.490 e. The molecule has 0 saturated carbocycles. The van der Waals surface area contributed by atoms with Crippen molar-refractivity contribution in [2.45, 2.75) is 46.7 Å². The molecule has 4 aromatic carbocycles. The van der Waals surface area contributed by atoms with Gasteiger partial charge in [-0.15, -0.1) is 0 Å². The first-order valence-corrected chi connectivity index (χ1v) is 12.0. The highest BCUT2D eigenvalue weighted by Gasteiger charge is 2.25. The molecule has 0 spiro atoms. The van der Waals surface area contributed by atoms with Crippen molar-refractivity contribution < 1.29 is 18.9 Å². The molecule has 0 radical (unpaired) electrons. The molecule has 2 aliphatic heterocycles. The van der Waals surface area contributed by atoms with Gasteiger partial charge in [-0.3, -0.25) is 0 Å². The average Bonchev–Trinajstić information content (AvgIpc) is 3.73. The molecule has 0 amide bonds. The minimum absolute atomic E-state index is 0.0214. The zero-order valence-electron chi connectivity index (χ0n) is 20.2. The predicted molar refractivity (Wildman–Crippen MR) is 136 cm³/mol. The first-order chi connectivity index (χ1) is 16.5. The lowest BCUT2D eigenvalue weighted by Crippen LogP contribution is -2.06. The molecule has 4 aromatic rings. The van der Waals surface area contributed by atoms with Crippen LogP contribution in [0.15, 0.2) is 48.5 Å². The van der Waals surface area contributed by atoms with Gasteiger partial charge in [-0.05, 0) is 106 Å². The van der Waals surface area contributed by atoms with Crippen LogP contribution in [0.3, 0.4) is 0 Å². The Morgan fingerprint density at radius 3 is 2.00 bits per heavy atom. The first-order valence-electron chi connectivity index (χ1n) is 12.0. The predicted octanol–water partition coefficient (Wildman–Crippen LogP) is 6.54. The number of fused-ring (bicyclic) bond motifs is 2. The zero-order valence-corrected chi connectivity index (χ0v) is 20.2. The fourth-order valence-corrected chi connectivity index (χ4v) is 5.00. The van der Waals surface area contributed by atoms with Gasteiger partial charge in [-0.25, -0.2) is 0 Å². The molecule has 2 atom stereocenters. The van der Waals surface area contributed by atoms with Crippen molar-refractivity contribution in [1.29, 1.82) is 0 Å². The van der Waals surface area contributed by atoms with Gasteiger partial charge in [0.1, 0.15) is 25.1 Å². The lowest BCUT2D eigenvalue weighted by molar-refractivity contribution is 0.0382. The van der Waals surface area contributed by atoms with Gasteiger partial charge in [0.05, 0.1) is 13.2 Å². The molecule has 174 valence electrons. The zero-order chi connectivity index (χ0) is 23.4. The Bertz CT molecular complexity index is 1300. The Balaban J connectivity index is 1.34. The second-order valence-corrected chi connectivity index (χ2v) is 9.66. The molecule has 2 heterocycles. The van der Waals surface area contributed by atoms with E-state index in [9.17, 15) is 0 Å². The molecule has 34 heavy (non-hydrogen) atoms. The lowest BCUT2D eigenvalue weighted by Gasteiger charge is -2.16. The van der Waals surface area contributed by atoms with Gasteiger partial charge in [0, 0.05) is 0 Å². The summed E-state index contributed by atoms with van der Waals surface area (Å²) < 4.78 is 22.4. The standard InChI is InChI=1S/C30H30O4/c1-17-9-23-11-21(5-7-26(23)19(3)28(17)15-32-29-16-33-29)22-6-8-27-20(4)30(34-14-25-13-31-25)18(2)10-24(27)12-22/h5-12,25,29H,13-16H2,1-4H3. The molecule has 0 aromatic heterocycles. The summed E-state index contributed by atoms with van der Waals surface area (Å²) in [5.74, 6) is 0.987. The van der Waals surface area contributed by atoms with Crippen LogP contribution in [0.5, 0.6) is 5.75 Å². The molecule has 4 heteroatoms. The van der Waals surface area contributed by atoms with E-state index < -0.39 is 0 Å². The van der Waals surface area contributed by atoms with Crippen molar-refractivity contribution in [2.24, 2.45) is 0 Å². The minimum Gasteiger partial charge on any atom is -0.490 e. The third kappa shape index (κ3) is 4.07. The number of hydrogen-bond donors (Lipinski definition) is 0. The number of epoxide rings is 2. The number of rotatable bonds is 7. The maximum Gasteiger partial charge on any atom is 0.181 e. The molecule has 4 nitrogen and oxygen atoms in total. The van der Waals surface area contributed by atoms with Crippen LogP contribution in [0.1, 0.15) is 27.8 Å². The van der Waals surface area contributed by atoms with E-state index in [1.165, 1.54) is 60.5 Å². The molecule has 2 saturated heterocycles. The van der Waals surface area contributed by atoms with Crippen LogP contribution in [0, 0.1) is 27.7 Å². The van der Waals surface area contributed by atoms with Gasteiger partial charge in [-0.2, -0.15) is 0 Å². The van der Waals surface area contributed by atoms with Crippen LogP contribution in [-0.4, -0.2) is 32.2 Å². The Kier molecular flexibility index (Phi) is 5.33. The van der Waals surface area contributed by atoms with Crippen LogP contribution >= 0.6 is 0 Å². The fraction of sp³-hybridized carbons (Fsp3) is 0.333. The number of aryl methyl sites for hydroxylation is 4. The number of benzene rings is 4. The van der Waals surface area contributed by atoms with Crippen LogP contribution in [-0.2, 0) is 20.8 Å². The van der Waals surface area contributed by atoms with Crippen LogP contribution in [0.2, 0.25) is 0 Å². The summed E-state index contributed by atoms with van der Waals surface area (Å²) in [6, 6.07) is 18.0. The summed E-state index contributed by atoms with van der Waals surface area (Å²) in [7, 11) is 0. The Labute approximate surface area is 200 Å². The van der Waals surface area contributed by atoms with Gasteiger partial charge in [0.2, 0.25) is 0 Å². The SMILES string of the molecule is Cc1cc2cc(-c3ccc4c(C)c(OCC5CO5)c(C)cc4c3)ccc2c(C)c1COC1CO1. The van der Waals surface area contributed by atoms with Gasteiger partial charge in [-0.1, -0.05) is 30.3 Å². The first kappa shape index (κ1) is 21.6. The summed E-state index contributed by atoms with van der Waals surface area (Å²) in [6.45, 7) is 11.4. The summed E-state index contributed by atoms with van der Waals surface area (Å²) in [4.78, 5) is 0. The molecule has 2 aliphatic rings. The Morgan fingerprint density at radius 1 is 0.765 bits per heavy atom. The van der Waals surface area contributed by atoms with E-state index in [0.29, 0.717) is 19.8 Å². The Hall–Kier alpha value is -2.92. The maximum absolute atomic E-state index is 6.09. The Morgan fingerprint density at radius 2 is 1.38 bits per heavy atom. The second-order valence-electron chi connectivity index (χ2n) is 9.66.